The van der Waals surface area contributed by atoms with Gasteiger partial charge in [-0.1, -0.05) is 13.8 Å². The molecule has 1 aliphatic carbocycles. The summed E-state index contributed by atoms with van der Waals surface area (Å²) in [6, 6.07) is 0. The Labute approximate surface area is 98.2 Å². The number of halogens is 1. The molecule has 3 heteroatoms. The highest BCUT2D eigenvalue weighted by atomic mass is 127. The standard InChI is InChI=1S/C11H14INO/c1-7(2)9-5-13-6-10(11(9)12)14-8-3-4-8/h5-8H,3-4H2,1-2H3. The Morgan fingerprint density at radius 2 is 2.14 bits per heavy atom. The number of pyridine rings is 1. The molecule has 76 valence electrons. The molecular weight excluding hydrogens is 289 g/mol. The minimum absolute atomic E-state index is 0.452. The first kappa shape index (κ1) is 10.2. The fraction of sp³-hybridized carbons (Fsp3) is 0.545. The van der Waals surface area contributed by atoms with Gasteiger partial charge in [0, 0.05) is 6.20 Å². The lowest BCUT2D eigenvalue weighted by Gasteiger charge is -2.12. The number of nitrogens with zero attached hydrogens (tertiary/aromatic N) is 1. The van der Waals surface area contributed by atoms with E-state index < -0.39 is 0 Å². The van der Waals surface area contributed by atoms with Crippen LogP contribution in [0.4, 0.5) is 0 Å². The van der Waals surface area contributed by atoms with Crippen LogP contribution in [0.5, 0.6) is 5.75 Å². The van der Waals surface area contributed by atoms with Crippen LogP contribution in [0.3, 0.4) is 0 Å². The van der Waals surface area contributed by atoms with Gasteiger partial charge in [0.25, 0.3) is 0 Å². The number of hydrogen-bond donors (Lipinski definition) is 0. The van der Waals surface area contributed by atoms with Crippen LogP contribution in [0.1, 0.15) is 38.2 Å². The third-order valence-electron chi connectivity index (χ3n) is 2.32. The van der Waals surface area contributed by atoms with Gasteiger partial charge in [-0.05, 0) is 46.9 Å². The molecule has 1 aromatic heterocycles. The molecule has 2 nitrogen and oxygen atoms in total. The third-order valence-corrected chi connectivity index (χ3v) is 3.47. The van der Waals surface area contributed by atoms with E-state index in [1.165, 1.54) is 22.0 Å². The molecule has 1 heterocycles. The van der Waals surface area contributed by atoms with E-state index in [9.17, 15) is 0 Å². The third kappa shape index (κ3) is 2.19. The SMILES string of the molecule is CC(C)c1cncc(OC2CC2)c1I. The first-order valence-corrected chi connectivity index (χ1v) is 6.06. The van der Waals surface area contributed by atoms with Crippen molar-refractivity contribution >= 4 is 22.6 Å². The lowest BCUT2D eigenvalue weighted by atomic mass is 10.1. The second kappa shape index (κ2) is 4.04. The Balaban J connectivity index is 2.25. The Kier molecular flexibility index (Phi) is 2.95. The zero-order chi connectivity index (χ0) is 10.1. The summed E-state index contributed by atoms with van der Waals surface area (Å²) in [5, 5.41) is 0. The first-order valence-electron chi connectivity index (χ1n) is 4.98. The van der Waals surface area contributed by atoms with Crippen molar-refractivity contribution in [3.05, 3.63) is 21.5 Å². The monoisotopic (exact) mass is 303 g/mol. The highest BCUT2D eigenvalue weighted by Gasteiger charge is 2.25. The van der Waals surface area contributed by atoms with E-state index in [1.807, 2.05) is 12.4 Å². The normalized spacial score (nSPS) is 16.0. The summed E-state index contributed by atoms with van der Waals surface area (Å²) < 4.78 is 7.00. The van der Waals surface area contributed by atoms with Gasteiger partial charge in [-0.25, -0.2) is 0 Å². The van der Waals surface area contributed by atoms with Gasteiger partial charge in [0.05, 0.1) is 15.9 Å². The predicted molar refractivity (Wildman–Crippen MR) is 64.7 cm³/mol. The maximum atomic E-state index is 5.78. The van der Waals surface area contributed by atoms with E-state index in [4.69, 9.17) is 4.74 Å². The maximum Gasteiger partial charge on any atom is 0.151 e. The van der Waals surface area contributed by atoms with Crippen molar-refractivity contribution in [3.8, 4) is 5.75 Å². The van der Waals surface area contributed by atoms with Crippen LogP contribution < -0.4 is 4.74 Å². The molecule has 1 saturated carbocycles. The van der Waals surface area contributed by atoms with E-state index in [0.29, 0.717) is 12.0 Å². The van der Waals surface area contributed by atoms with Crippen molar-refractivity contribution in [3.63, 3.8) is 0 Å². The van der Waals surface area contributed by atoms with Crippen molar-refractivity contribution in [2.45, 2.75) is 38.7 Å². The smallest absolute Gasteiger partial charge is 0.151 e. The Bertz CT molecular complexity index is 334. The molecule has 0 saturated heterocycles. The van der Waals surface area contributed by atoms with Crippen molar-refractivity contribution in [2.75, 3.05) is 0 Å². The van der Waals surface area contributed by atoms with Gasteiger partial charge in [-0.2, -0.15) is 0 Å². The summed E-state index contributed by atoms with van der Waals surface area (Å²) in [6.07, 6.45) is 6.61. The molecule has 0 aromatic carbocycles. The average molecular weight is 303 g/mol. The second-order valence-electron chi connectivity index (χ2n) is 4.01. The molecule has 2 rings (SSSR count). The Hall–Kier alpha value is -0.320. The molecule has 0 spiro atoms. The number of rotatable bonds is 3. The van der Waals surface area contributed by atoms with Gasteiger partial charge in [-0.3, -0.25) is 4.98 Å². The van der Waals surface area contributed by atoms with Crippen LogP contribution in [-0.4, -0.2) is 11.1 Å². The van der Waals surface area contributed by atoms with E-state index in [2.05, 4.69) is 41.4 Å². The van der Waals surface area contributed by atoms with E-state index in [-0.39, 0.29) is 0 Å². The van der Waals surface area contributed by atoms with Crippen molar-refractivity contribution in [1.82, 2.24) is 4.98 Å². The zero-order valence-electron chi connectivity index (χ0n) is 8.46. The van der Waals surface area contributed by atoms with Crippen molar-refractivity contribution < 1.29 is 4.74 Å². The van der Waals surface area contributed by atoms with Gasteiger partial charge in [0.2, 0.25) is 0 Å². The van der Waals surface area contributed by atoms with Crippen LogP contribution in [0.25, 0.3) is 0 Å². The topological polar surface area (TPSA) is 22.1 Å². The van der Waals surface area contributed by atoms with Gasteiger partial charge >= 0.3 is 0 Å². The van der Waals surface area contributed by atoms with Crippen LogP contribution in [0.2, 0.25) is 0 Å². The summed E-state index contributed by atoms with van der Waals surface area (Å²) >= 11 is 2.35. The van der Waals surface area contributed by atoms with Gasteiger partial charge < -0.3 is 4.74 Å². The van der Waals surface area contributed by atoms with Gasteiger partial charge in [0.15, 0.2) is 5.75 Å². The molecule has 0 N–H and O–H groups in total. The molecule has 0 unspecified atom stereocenters. The minimum atomic E-state index is 0.452. The van der Waals surface area contributed by atoms with Crippen LogP contribution >= 0.6 is 22.6 Å². The van der Waals surface area contributed by atoms with Crippen LogP contribution in [0.15, 0.2) is 12.4 Å². The summed E-state index contributed by atoms with van der Waals surface area (Å²) in [7, 11) is 0. The highest BCUT2D eigenvalue weighted by Crippen LogP contribution is 2.32. The number of aromatic nitrogens is 1. The largest absolute Gasteiger partial charge is 0.488 e. The minimum Gasteiger partial charge on any atom is -0.488 e. The number of hydrogen-bond acceptors (Lipinski definition) is 2. The van der Waals surface area contributed by atoms with Crippen molar-refractivity contribution in [1.29, 1.82) is 0 Å². The molecule has 1 aliphatic rings. The quantitative estimate of drug-likeness (QED) is 0.799. The lowest BCUT2D eigenvalue weighted by Crippen LogP contribution is -2.02. The molecule has 0 bridgehead atoms. The van der Waals surface area contributed by atoms with E-state index in [1.54, 1.807) is 0 Å². The molecule has 1 fully saturated rings. The summed E-state index contributed by atoms with van der Waals surface area (Å²) in [5.74, 6) is 1.47. The molecule has 0 atom stereocenters. The van der Waals surface area contributed by atoms with Crippen molar-refractivity contribution in [2.24, 2.45) is 0 Å². The van der Waals surface area contributed by atoms with Crippen LogP contribution in [0, 0.1) is 3.57 Å². The van der Waals surface area contributed by atoms with Gasteiger partial charge in [0.1, 0.15) is 0 Å². The molecular formula is C11H14INO. The Morgan fingerprint density at radius 1 is 1.43 bits per heavy atom. The molecule has 0 aliphatic heterocycles. The van der Waals surface area contributed by atoms with E-state index in [0.717, 1.165) is 5.75 Å². The second-order valence-corrected chi connectivity index (χ2v) is 5.09. The van der Waals surface area contributed by atoms with E-state index >= 15 is 0 Å². The molecule has 14 heavy (non-hydrogen) atoms. The summed E-state index contributed by atoms with van der Waals surface area (Å²) in [5.41, 5.74) is 1.28. The number of ether oxygens (including phenoxy) is 1. The fourth-order valence-electron chi connectivity index (χ4n) is 1.29. The first-order chi connectivity index (χ1) is 6.68. The molecule has 0 amide bonds. The fourth-order valence-corrected chi connectivity index (χ4v) is 2.32. The summed E-state index contributed by atoms with van der Waals surface area (Å²) in [6.45, 7) is 4.36. The maximum absolute atomic E-state index is 5.78. The highest BCUT2D eigenvalue weighted by molar-refractivity contribution is 14.1. The average Bonchev–Trinajstić information content (AvgIpc) is 2.92. The lowest BCUT2D eigenvalue weighted by molar-refractivity contribution is 0.299. The molecule has 0 radical (unpaired) electrons. The zero-order valence-corrected chi connectivity index (χ0v) is 10.6. The molecule has 1 aromatic rings. The van der Waals surface area contributed by atoms with Gasteiger partial charge in [-0.15, -0.1) is 0 Å². The Morgan fingerprint density at radius 3 is 2.71 bits per heavy atom. The van der Waals surface area contributed by atoms with Crippen LogP contribution in [-0.2, 0) is 0 Å². The predicted octanol–water partition coefficient (Wildman–Crippen LogP) is 3.35. The summed E-state index contributed by atoms with van der Waals surface area (Å²) in [4.78, 5) is 4.22.